The minimum absolute atomic E-state index is 0.163. The smallest absolute Gasteiger partial charge is 0.247 e. The maximum absolute atomic E-state index is 12.4. The van der Waals surface area contributed by atoms with Crippen molar-refractivity contribution in [2.24, 2.45) is 5.92 Å². The Balaban J connectivity index is 5.15. The number of hydrogen-bond donors (Lipinski definition) is 3. The second-order valence-corrected chi connectivity index (χ2v) is 6.39. The van der Waals surface area contributed by atoms with Gasteiger partial charge in [0.1, 0.15) is 6.04 Å². The van der Waals surface area contributed by atoms with Crippen LogP contribution in [0.3, 0.4) is 0 Å². The van der Waals surface area contributed by atoms with E-state index in [4.69, 9.17) is 0 Å². The van der Waals surface area contributed by atoms with Crippen LogP contribution in [0.15, 0.2) is 0 Å². The number of hydrogen-bond acceptors (Lipinski definition) is 5. The van der Waals surface area contributed by atoms with Crippen molar-refractivity contribution < 1.29 is 24.7 Å². The van der Waals surface area contributed by atoms with Gasteiger partial charge in [0.2, 0.25) is 18.2 Å². The standard InChI is InChI=1S/C15H29N3O5/c1-6-7-8-11(9-18(23)10-19)13(20)16-12(15(2,3)22)14(21)17(4)5/h10-12,22-23H,6-9H2,1-5H3,(H,16,20). The van der Waals surface area contributed by atoms with Crippen molar-refractivity contribution in [1.29, 1.82) is 0 Å². The first kappa shape index (κ1) is 21.3. The van der Waals surface area contributed by atoms with Crippen molar-refractivity contribution in [1.82, 2.24) is 15.3 Å². The normalized spacial score (nSPS) is 13.9. The van der Waals surface area contributed by atoms with E-state index in [9.17, 15) is 24.7 Å². The Morgan fingerprint density at radius 1 is 1.30 bits per heavy atom. The number of nitrogens with zero attached hydrogens (tertiary/aromatic N) is 2. The molecule has 0 aliphatic carbocycles. The molecule has 8 heteroatoms. The Morgan fingerprint density at radius 2 is 1.87 bits per heavy atom. The zero-order valence-electron chi connectivity index (χ0n) is 14.6. The average Bonchev–Trinajstić information content (AvgIpc) is 2.46. The Hall–Kier alpha value is -1.67. The van der Waals surface area contributed by atoms with Gasteiger partial charge in [-0.15, -0.1) is 0 Å². The first-order chi connectivity index (χ1) is 10.5. The van der Waals surface area contributed by atoms with E-state index in [1.807, 2.05) is 6.92 Å². The van der Waals surface area contributed by atoms with Crippen molar-refractivity contribution in [2.45, 2.75) is 51.7 Å². The molecule has 0 aliphatic heterocycles. The number of aliphatic hydroxyl groups is 1. The maximum Gasteiger partial charge on any atom is 0.247 e. The Kier molecular flexibility index (Phi) is 8.78. The molecule has 0 aromatic heterocycles. The highest BCUT2D eigenvalue weighted by Gasteiger charge is 2.37. The lowest BCUT2D eigenvalue weighted by Gasteiger charge is -2.32. The van der Waals surface area contributed by atoms with Gasteiger partial charge in [-0.25, -0.2) is 5.06 Å². The van der Waals surface area contributed by atoms with Crippen molar-refractivity contribution in [3.63, 3.8) is 0 Å². The van der Waals surface area contributed by atoms with Crippen molar-refractivity contribution in [2.75, 3.05) is 20.6 Å². The number of likely N-dealkylation sites (N-methyl/N-ethyl adjacent to an activating group) is 1. The maximum atomic E-state index is 12.4. The van der Waals surface area contributed by atoms with E-state index in [1.54, 1.807) is 0 Å². The van der Waals surface area contributed by atoms with Gasteiger partial charge < -0.3 is 15.3 Å². The Morgan fingerprint density at radius 3 is 2.26 bits per heavy atom. The van der Waals surface area contributed by atoms with Gasteiger partial charge in [-0.3, -0.25) is 19.6 Å². The summed E-state index contributed by atoms with van der Waals surface area (Å²) in [5.41, 5.74) is -1.45. The van der Waals surface area contributed by atoms with Crippen LogP contribution in [-0.4, -0.2) is 70.8 Å². The fourth-order valence-corrected chi connectivity index (χ4v) is 2.08. The topological polar surface area (TPSA) is 110 Å². The van der Waals surface area contributed by atoms with Gasteiger partial charge in [-0.05, 0) is 20.3 Å². The monoisotopic (exact) mass is 331 g/mol. The van der Waals surface area contributed by atoms with Gasteiger partial charge in [0.05, 0.1) is 18.1 Å². The highest BCUT2D eigenvalue weighted by molar-refractivity contribution is 5.89. The quantitative estimate of drug-likeness (QED) is 0.296. The van der Waals surface area contributed by atoms with Crippen LogP contribution in [0.4, 0.5) is 0 Å². The molecule has 3 amide bonds. The summed E-state index contributed by atoms with van der Waals surface area (Å²) in [7, 11) is 3.06. The molecular weight excluding hydrogens is 302 g/mol. The minimum Gasteiger partial charge on any atom is -0.388 e. The molecule has 0 fully saturated rings. The first-order valence-corrected chi connectivity index (χ1v) is 7.69. The van der Waals surface area contributed by atoms with E-state index in [-0.39, 0.29) is 13.0 Å². The van der Waals surface area contributed by atoms with E-state index in [0.29, 0.717) is 11.5 Å². The third kappa shape index (κ3) is 7.43. The third-order valence-corrected chi connectivity index (χ3v) is 3.49. The molecule has 0 saturated heterocycles. The molecule has 2 atom stereocenters. The predicted octanol–water partition coefficient (Wildman–Crippen LogP) is -0.0157. The lowest BCUT2D eigenvalue weighted by Crippen LogP contribution is -2.58. The van der Waals surface area contributed by atoms with Crippen LogP contribution >= 0.6 is 0 Å². The molecule has 0 heterocycles. The summed E-state index contributed by atoms with van der Waals surface area (Å²) < 4.78 is 0. The number of carbonyl (C=O) groups is 3. The lowest BCUT2D eigenvalue weighted by atomic mass is 9.95. The second kappa shape index (κ2) is 9.46. The zero-order chi connectivity index (χ0) is 18.2. The lowest BCUT2D eigenvalue weighted by molar-refractivity contribution is -0.156. The van der Waals surface area contributed by atoms with Crippen LogP contribution in [-0.2, 0) is 14.4 Å². The molecule has 0 saturated carbocycles. The fourth-order valence-electron chi connectivity index (χ4n) is 2.08. The number of carbonyl (C=O) groups excluding carboxylic acids is 3. The summed E-state index contributed by atoms with van der Waals surface area (Å²) in [4.78, 5) is 36.5. The van der Waals surface area contributed by atoms with E-state index >= 15 is 0 Å². The Labute approximate surface area is 137 Å². The summed E-state index contributed by atoms with van der Waals surface area (Å²) in [6, 6.07) is -1.11. The molecule has 0 aliphatic rings. The van der Waals surface area contributed by atoms with Crippen LogP contribution in [0.25, 0.3) is 0 Å². The third-order valence-electron chi connectivity index (χ3n) is 3.49. The molecule has 2 unspecified atom stereocenters. The van der Waals surface area contributed by atoms with Crippen molar-refractivity contribution in [3.8, 4) is 0 Å². The van der Waals surface area contributed by atoms with E-state index in [1.165, 1.54) is 32.8 Å². The molecule has 3 N–H and O–H groups in total. The zero-order valence-corrected chi connectivity index (χ0v) is 14.6. The highest BCUT2D eigenvalue weighted by atomic mass is 16.5. The predicted molar refractivity (Wildman–Crippen MR) is 84.5 cm³/mol. The van der Waals surface area contributed by atoms with Crippen molar-refractivity contribution >= 4 is 18.2 Å². The van der Waals surface area contributed by atoms with Crippen LogP contribution in [0, 0.1) is 5.92 Å². The summed E-state index contributed by atoms with van der Waals surface area (Å²) in [5.74, 6) is -1.58. The molecule has 8 nitrogen and oxygen atoms in total. The van der Waals surface area contributed by atoms with E-state index in [2.05, 4.69) is 5.32 Å². The molecule has 23 heavy (non-hydrogen) atoms. The largest absolute Gasteiger partial charge is 0.388 e. The van der Waals surface area contributed by atoms with Gasteiger partial charge in [0.25, 0.3) is 0 Å². The van der Waals surface area contributed by atoms with Crippen LogP contribution in [0.1, 0.15) is 40.0 Å². The van der Waals surface area contributed by atoms with E-state index in [0.717, 1.165) is 12.8 Å². The van der Waals surface area contributed by atoms with Crippen molar-refractivity contribution in [3.05, 3.63) is 0 Å². The van der Waals surface area contributed by atoms with E-state index < -0.39 is 29.4 Å². The van der Waals surface area contributed by atoms with Crippen LogP contribution < -0.4 is 5.32 Å². The highest BCUT2D eigenvalue weighted by Crippen LogP contribution is 2.15. The van der Waals surface area contributed by atoms with Gasteiger partial charge in [-0.2, -0.15) is 0 Å². The Bertz CT molecular complexity index is 406. The number of nitrogens with one attached hydrogen (secondary N) is 1. The summed E-state index contributed by atoms with van der Waals surface area (Å²) in [6.45, 7) is 4.67. The summed E-state index contributed by atoms with van der Waals surface area (Å²) in [6.07, 6.45) is 2.27. The average molecular weight is 331 g/mol. The van der Waals surface area contributed by atoms with Gasteiger partial charge in [0.15, 0.2) is 0 Å². The molecule has 0 rings (SSSR count). The van der Waals surface area contributed by atoms with Gasteiger partial charge >= 0.3 is 0 Å². The number of hydroxylamine groups is 2. The molecule has 0 radical (unpaired) electrons. The summed E-state index contributed by atoms with van der Waals surface area (Å²) in [5, 5.41) is 22.4. The number of unbranched alkanes of at least 4 members (excludes halogenated alkanes) is 1. The minimum atomic E-state index is -1.45. The SMILES string of the molecule is CCCCC(CN(O)C=O)C(=O)NC(C(=O)N(C)C)C(C)(C)O. The fraction of sp³-hybridized carbons (Fsp3) is 0.800. The molecule has 0 bridgehead atoms. The summed E-state index contributed by atoms with van der Waals surface area (Å²) >= 11 is 0. The van der Waals surface area contributed by atoms with Crippen LogP contribution in [0.2, 0.25) is 0 Å². The molecule has 0 spiro atoms. The molecular formula is C15H29N3O5. The molecule has 0 aromatic carbocycles. The second-order valence-electron chi connectivity index (χ2n) is 6.39. The first-order valence-electron chi connectivity index (χ1n) is 7.69. The van der Waals surface area contributed by atoms with Gasteiger partial charge in [-0.1, -0.05) is 19.8 Å². The number of rotatable bonds is 10. The van der Waals surface area contributed by atoms with Crippen LogP contribution in [0.5, 0.6) is 0 Å². The molecule has 134 valence electrons. The molecule has 0 aromatic rings. The number of amides is 3. The van der Waals surface area contributed by atoms with Gasteiger partial charge in [0, 0.05) is 14.1 Å².